The molecular formula is C20H24Cl2N3O+. The van der Waals surface area contributed by atoms with Crippen LogP contribution in [0, 0.1) is 6.92 Å². The number of anilines is 2. The first kappa shape index (κ1) is 19.0. The lowest BCUT2D eigenvalue weighted by Gasteiger charge is -2.36. The largest absolute Gasteiger partial charge is 0.360 e. The van der Waals surface area contributed by atoms with Gasteiger partial charge in [-0.1, -0.05) is 41.4 Å². The predicted molar refractivity (Wildman–Crippen MR) is 109 cm³/mol. The first-order chi connectivity index (χ1) is 12.5. The number of para-hydroxylation sites is 1. The maximum absolute atomic E-state index is 12.6. The lowest BCUT2D eigenvalue weighted by Crippen LogP contribution is -3.19. The van der Waals surface area contributed by atoms with Crippen molar-refractivity contribution in [2.75, 3.05) is 36.4 Å². The van der Waals surface area contributed by atoms with Crippen molar-refractivity contribution in [2.45, 2.75) is 19.9 Å². The van der Waals surface area contributed by atoms with Gasteiger partial charge in [0, 0.05) is 10.7 Å². The average molecular weight is 393 g/mol. The molecule has 1 atom stereocenters. The molecule has 6 heteroatoms. The summed E-state index contributed by atoms with van der Waals surface area (Å²) < 4.78 is 0. The molecule has 4 nitrogen and oxygen atoms in total. The molecule has 0 saturated carbocycles. The smallest absolute Gasteiger partial charge is 0.282 e. The molecule has 0 radical (unpaired) electrons. The highest BCUT2D eigenvalue weighted by atomic mass is 35.5. The molecular weight excluding hydrogens is 369 g/mol. The van der Waals surface area contributed by atoms with Crippen LogP contribution >= 0.6 is 23.2 Å². The quantitative estimate of drug-likeness (QED) is 0.838. The van der Waals surface area contributed by atoms with Gasteiger partial charge in [-0.25, -0.2) is 0 Å². The Morgan fingerprint density at radius 3 is 2.54 bits per heavy atom. The van der Waals surface area contributed by atoms with Gasteiger partial charge in [0.05, 0.1) is 36.9 Å². The van der Waals surface area contributed by atoms with Crippen LogP contribution in [0.4, 0.5) is 11.4 Å². The second-order valence-corrected chi connectivity index (χ2v) is 7.61. The van der Waals surface area contributed by atoms with E-state index in [1.54, 1.807) is 18.2 Å². The van der Waals surface area contributed by atoms with Crippen molar-refractivity contribution < 1.29 is 9.69 Å². The summed E-state index contributed by atoms with van der Waals surface area (Å²) in [6.45, 7) is 7.83. The number of amides is 1. The highest BCUT2D eigenvalue weighted by Crippen LogP contribution is 2.25. The van der Waals surface area contributed by atoms with Gasteiger partial charge in [-0.15, -0.1) is 0 Å². The average Bonchev–Trinajstić information content (AvgIpc) is 2.64. The molecule has 1 amide bonds. The van der Waals surface area contributed by atoms with Gasteiger partial charge in [-0.3, -0.25) is 4.79 Å². The number of carbonyl (C=O) groups excluding carboxylic acids is 1. The van der Waals surface area contributed by atoms with E-state index < -0.39 is 0 Å². The third-order valence-corrected chi connectivity index (χ3v) is 5.62. The summed E-state index contributed by atoms with van der Waals surface area (Å²) in [5.74, 6) is -0.0338. The zero-order chi connectivity index (χ0) is 18.7. The Labute approximate surface area is 164 Å². The maximum atomic E-state index is 12.6. The van der Waals surface area contributed by atoms with E-state index in [-0.39, 0.29) is 11.9 Å². The normalized spacial score (nSPS) is 16.4. The summed E-state index contributed by atoms with van der Waals surface area (Å²) in [5, 5.41) is 3.96. The van der Waals surface area contributed by atoms with Crippen molar-refractivity contribution in [3.05, 3.63) is 58.1 Å². The molecule has 0 aromatic heterocycles. The Morgan fingerprint density at radius 2 is 1.85 bits per heavy atom. The fourth-order valence-corrected chi connectivity index (χ4v) is 3.74. The van der Waals surface area contributed by atoms with E-state index in [9.17, 15) is 4.79 Å². The molecule has 0 aliphatic carbocycles. The van der Waals surface area contributed by atoms with Gasteiger partial charge >= 0.3 is 0 Å². The molecule has 2 N–H and O–H groups in total. The number of piperazine rings is 1. The molecule has 138 valence electrons. The molecule has 26 heavy (non-hydrogen) atoms. The van der Waals surface area contributed by atoms with Gasteiger partial charge in [0.15, 0.2) is 6.04 Å². The third kappa shape index (κ3) is 4.32. The number of aryl methyl sites for hydroxylation is 1. The van der Waals surface area contributed by atoms with Gasteiger partial charge in [0.2, 0.25) is 0 Å². The summed E-state index contributed by atoms with van der Waals surface area (Å²) in [4.78, 5) is 16.3. The number of halogens is 2. The van der Waals surface area contributed by atoms with Crippen LogP contribution in [0.15, 0.2) is 42.5 Å². The number of hydrogen-bond acceptors (Lipinski definition) is 2. The van der Waals surface area contributed by atoms with Gasteiger partial charge in [-0.05, 0) is 43.7 Å². The fraction of sp³-hybridized carbons (Fsp3) is 0.350. The van der Waals surface area contributed by atoms with E-state index in [4.69, 9.17) is 23.2 Å². The first-order valence-corrected chi connectivity index (χ1v) is 9.62. The molecule has 2 aromatic carbocycles. The lowest BCUT2D eigenvalue weighted by molar-refractivity contribution is -0.914. The number of rotatable bonds is 4. The maximum Gasteiger partial charge on any atom is 0.282 e. The van der Waals surface area contributed by atoms with Gasteiger partial charge in [0.25, 0.3) is 5.91 Å². The van der Waals surface area contributed by atoms with Crippen LogP contribution in [0.2, 0.25) is 10.0 Å². The van der Waals surface area contributed by atoms with Crippen LogP contribution in [0.5, 0.6) is 0 Å². The summed E-state index contributed by atoms with van der Waals surface area (Å²) in [7, 11) is 0. The SMILES string of the molecule is Cc1ccccc1N1CC[NH+]([C@H](C)C(=O)Nc2cc(Cl)ccc2Cl)CC1. The van der Waals surface area contributed by atoms with E-state index in [0.717, 1.165) is 26.2 Å². The molecule has 1 aliphatic heterocycles. The Morgan fingerprint density at radius 1 is 1.15 bits per heavy atom. The lowest BCUT2D eigenvalue weighted by atomic mass is 10.1. The Bertz CT molecular complexity index is 788. The predicted octanol–water partition coefficient (Wildman–Crippen LogP) is 3.03. The molecule has 1 fully saturated rings. The molecule has 2 aromatic rings. The van der Waals surface area contributed by atoms with Crippen LogP contribution < -0.4 is 15.1 Å². The number of benzene rings is 2. The molecule has 0 spiro atoms. The molecule has 0 unspecified atom stereocenters. The monoisotopic (exact) mass is 392 g/mol. The van der Waals surface area contributed by atoms with Crippen molar-refractivity contribution in [2.24, 2.45) is 0 Å². The topological polar surface area (TPSA) is 36.8 Å². The summed E-state index contributed by atoms with van der Waals surface area (Å²) in [5.41, 5.74) is 3.14. The van der Waals surface area contributed by atoms with E-state index >= 15 is 0 Å². The zero-order valence-corrected chi connectivity index (χ0v) is 16.6. The number of nitrogens with one attached hydrogen (secondary N) is 2. The summed E-state index contributed by atoms with van der Waals surface area (Å²) in [6, 6.07) is 13.4. The van der Waals surface area contributed by atoms with E-state index in [2.05, 4.69) is 41.4 Å². The second-order valence-electron chi connectivity index (χ2n) is 6.77. The van der Waals surface area contributed by atoms with Crippen LogP contribution in [-0.4, -0.2) is 38.1 Å². The van der Waals surface area contributed by atoms with Crippen LogP contribution in [-0.2, 0) is 4.79 Å². The Hall–Kier alpha value is -1.75. The fourth-order valence-electron chi connectivity index (χ4n) is 3.41. The van der Waals surface area contributed by atoms with Gasteiger partial charge in [-0.2, -0.15) is 0 Å². The minimum Gasteiger partial charge on any atom is -0.360 e. The van der Waals surface area contributed by atoms with Crippen molar-refractivity contribution in [3.63, 3.8) is 0 Å². The van der Waals surface area contributed by atoms with Crippen molar-refractivity contribution in [1.82, 2.24) is 0 Å². The molecule has 3 rings (SSSR count). The molecule has 0 bridgehead atoms. The van der Waals surface area contributed by atoms with Crippen molar-refractivity contribution in [3.8, 4) is 0 Å². The van der Waals surface area contributed by atoms with Crippen molar-refractivity contribution >= 4 is 40.5 Å². The number of carbonyl (C=O) groups is 1. The number of quaternary nitrogens is 1. The number of nitrogens with zero attached hydrogens (tertiary/aromatic N) is 1. The molecule has 1 saturated heterocycles. The molecule has 1 heterocycles. The van der Waals surface area contributed by atoms with Gasteiger partial charge in [0.1, 0.15) is 0 Å². The standard InChI is InChI=1S/C20H23Cl2N3O/c1-14-5-3-4-6-19(14)25-11-9-24(10-12-25)15(2)20(26)23-18-13-16(21)7-8-17(18)22/h3-8,13,15H,9-12H2,1-2H3,(H,23,26)/p+1/t15-/m1/s1. The van der Waals surface area contributed by atoms with Crippen molar-refractivity contribution in [1.29, 1.82) is 0 Å². The Balaban J connectivity index is 1.59. The second kappa shape index (κ2) is 8.30. The minimum absolute atomic E-state index is 0.0338. The van der Waals surface area contributed by atoms with E-state index in [1.807, 2.05) is 6.92 Å². The highest BCUT2D eigenvalue weighted by Gasteiger charge is 2.29. The Kier molecular flexibility index (Phi) is 6.07. The van der Waals surface area contributed by atoms with Crippen LogP contribution in [0.25, 0.3) is 0 Å². The molecule has 1 aliphatic rings. The van der Waals surface area contributed by atoms with E-state index in [0.29, 0.717) is 15.7 Å². The van der Waals surface area contributed by atoms with Crippen LogP contribution in [0.1, 0.15) is 12.5 Å². The minimum atomic E-state index is -0.149. The first-order valence-electron chi connectivity index (χ1n) is 8.87. The zero-order valence-electron chi connectivity index (χ0n) is 15.1. The summed E-state index contributed by atoms with van der Waals surface area (Å²) in [6.07, 6.45) is 0. The van der Waals surface area contributed by atoms with E-state index in [1.165, 1.54) is 16.2 Å². The number of hydrogen-bond donors (Lipinski definition) is 2. The van der Waals surface area contributed by atoms with Crippen LogP contribution in [0.3, 0.4) is 0 Å². The highest BCUT2D eigenvalue weighted by molar-refractivity contribution is 6.35. The third-order valence-electron chi connectivity index (χ3n) is 5.05. The summed E-state index contributed by atoms with van der Waals surface area (Å²) >= 11 is 12.1. The van der Waals surface area contributed by atoms with Gasteiger partial charge < -0.3 is 15.1 Å².